The van der Waals surface area contributed by atoms with Gasteiger partial charge in [0.1, 0.15) is 24.9 Å². The first-order valence-corrected chi connectivity index (χ1v) is 11.0. The topological polar surface area (TPSA) is 98.4 Å². The smallest absolute Gasteiger partial charge is 0.268 e. The molecule has 0 bridgehead atoms. The average Bonchev–Trinajstić information content (AvgIpc) is 3.28. The van der Waals surface area contributed by atoms with Gasteiger partial charge in [0.25, 0.3) is 5.91 Å². The van der Waals surface area contributed by atoms with E-state index in [4.69, 9.17) is 14.2 Å². The Morgan fingerprint density at radius 2 is 2.06 bits per heavy atom. The Kier molecular flexibility index (Phi) is 6.17. The number of nitriles is 1. The molecule has 1 unspecified atom stereocenters. The summed E-state index contributed by atoms with van der Waals surface area (Å²) in [5.74, 6) is 0.808. The standard InChI is InChI=1S/C23H24N4O4S/c1-13-7-16(15(3)27(13)14(2)12-29-4)8-17(11-24)22(28)26-23-25-18-9-19-20(10-21(18)32-23)31-6-5-30-19/h7-10,14H,5-6,12H2,1-4H3,(H,25,26,28)/b17-8-. The number of anilines is 1. The highest BCUT2D eigenvalue weighted by Gasteiger charge is 2.19. The lowest BCUT2D eigenvalue weighted by Gasteiger charge is -2.17. The van der Waals surface area contributed by atoms with Crippen LogP contribution in [0.15, 0.2) is 23.8 Å². The molecule has 0 radical (unpaired) electrons. The number of nitrogens with one attached hydrogen (secondary N) is 1. The number of aromatic nitrogens is 2. The number of hydrogen-bond donors (Lipinski definition) is 1. The summed E-state index contributed by atoms with van der Waals surface area (Å²) in [6, 6.07) is 7.77. The highest BCUT2D eigenvalue weighted by molar-refractivity contribution is 7.22. The van der Waals surface area contributed by atoms with Crippen LogP contribution in [-0.2, 0) is 9.53 Å². The van der Waals surface area contributed by atoms with Crippen LogP contribution in [0.4, 0.5) is 5.13 Å². The van der Waals surface area contributed by atoms with Gasteiger partial charge in [-0.15, -0.1) is 0 Å². The minimum atomic E-state index is -0.501. The van der Waals surface area contributed by atoms with Crippen molar-refractivity contribution in [2.75, 3.05) is 32.2 Å². The lowest BCUT2D eigenvalue weighted by atomic mass is 10.1. The van der Waals surface area contributed by atoms with Crippen LogP contribution in [0, 0.1) is 25.2 Å². The summed E-state index contributed by atoms with van der Waals surface area (Å²) in [5.41, 5.74) is 3.54. The van der Waals surface area contributed by atoms with Gasteiger partial charge in [0, 0.05) is 30.6 Å². The van der Waals surface area contributed by atoms with E-state index >= 15 is 0 Å². The summed E-state index contributed by atoms with van der Waals surface area (Å²) in [5, 5.41) is 12.8. The van der Waals surface area contributed by atoms with Gasteiger partial charge in [-0.05, 0) is 38.5 Å². The van der Waals surface area contributed by atoms with E-state index in [1.54, 1.807) is 19.3 Å². The van der Waals surface area contributed by atoms with E-state index in [0.29, 0.717) is 42.0 Å². The quantitative estimate of drug-likeness (QED) is 0.444. The molecule has 0 spiro atoms. The highest BCUT2D eigenvalue weighted by Crippen LogP contribution is 2.38. The third kappa shape index (κ3) is 4.20. The van der Waals surface area contributed by atoms with E-state index in [-0.39, 0.29) is 11.6 Å². The van der Waals surface area contributed by atoms with E-state index in [1.165, 1.54) is 11.3 Å². The fourth-order valence-corrected chi connectivity index (χ4v) is 4.80. The summed E-state index contributed by atoms with van der Waals surface area (Å²) >= 11 is 1.32. The third-order valence-corrected chi connectivity index (χ3v) is 6.24. The first-order chi connectivity index (χ1) is 15.4. The van der Waals surface area contributed by atoms with Gasteiger partial charge in [-0.1, -0.05) is 11.3 Å². The number of ether oxygens (including phenoxy) is 3. The van der Waals surface area contributed by atoms with Crippen LogP contribution in [0.25, 0.3) is 16.3 Å². The van der Waals surface area contributed by atoms with E-state index < -0.39 is 5.91 Å². The number of thiazole rings is 1. The molecule has 9 heteroatoms. The third-order valence-electron chi connectivity index (χ3n) is 5.31. The van der Waals surface area contributed by atoms with Crippen molar-refractivity contribution >= 4 is 38.7 Å². The van der Waals surface area contributed by atoms with Crippen LogP contribution in [0.1, 0.15) is 29.9 Å². The molecule has 8 nitrogen and oxygen atoms in total. The number of rotatable bonds is 6. The molecular formula is C23H24N4O4S. The van der Waals surface area contributed by atoms with Crippen LogP contribution < -0.4 is 14.8 Å². The normalized spacial score (nSPS) is 14.3. The van der Waals surface area contributed by atoms with Crippen molar-refractivity contribution in [1.82, 2.24) is 9.55 Å². The zero-order valence-electron chi connectivity index (χ0n) is 18.4. The number of aryl methyl sites for hydroxylation is 1. The minimum absolute atomic E-state index is 0.00913. The summed E-state index contributed by atoms with van der Waals surface area (Å²) in [6.45, 7) is 7.60. The van der Waals surface area contributed by atoms with Gasteiger partial charge in [0.2, 0.25) is 0 Å². The van der Waals surface area contributed by atoms with Gasteiger partial charge >= 0.3 is 0 Å². The van der Waals surface area contributed by atoms with E-state index in [2.05, 4.69) is 21.8 Å². The molecule has 1 aliphatic rings. The number of amides is 1. The zero-order valence-corrected chi connectivity index (χ0v) is 19.2. The fraction of sp³-hybridized carbons (Fsp3) is 0.348. The number of benzene rings is 1. The predicted molar refractivity (Wildman–Crippen MR) is 123 cm³/mol. The van der Waals surface area contributed by atoms with E-state index in [1.807, 2.05) is 32.0 Å². The monoisotopic (exact) mass is 452 g/mol. The fourth-order valence-electron chi connectivity index (χ4n) is 3.93. The zero-order chi connectivity index (χ0) is 22.8. The van der Waals surface area contributed by atoms with Gasteiger partial charge in [0.15, 0.2) is 16.6 Å². The molecule has 1 N–H and O–H groups in total. The molecule has 2 aromatic heterocycles. The van der Waals surface area contributed by atoms with Crippen LogP contribution in [0.2, 0.25) is 0 Å². The van der Waals surface area contributed by atoms with Crippen molar-refractivity contribution in [3.05, 3.63) is 40.7 Å². The molecule has 0 aliphatic carbocycles. The predicted octanol–water partition coefficient (Wildman–Crippen LogP) is 4.24. The van der Waals surface area contributed by atoms with Crippen molar-refractivity contribution < 1.29 is 19.0 Å². The second kappa shape index (κ2) is 9.02. The molecule has 3 heterocycles. The molecule has 0 fully saturated rings. The molecular weight excluding hydrogens is 428 g/mol. The van der Waals surface area contributed by atoms with Crippen molar-refractivity contribution in [3.8, 4) is 17.6 Å². The Balaban J connectivity index is 1.58. The van der Waals surface area contributed by atoms with Crippen LogP contribution in [0.3, 0.4) is 0 Å². The Hall–Kier alpha value is -3.35. The molecule has 0 saturated carbocycles. The molecule has 3 aromatic rings. The molecule has 32 heavy (non-hydrogen) atoms. The average molecular weight is 453 g/mol. The van der Waals surface area contributed by atoms with Gasteiger partial charge in [-0.2, -0.15) is 5.26 Å². The van der Waals surface area contributed by atoms with Gasteiger partial charge in [-0.3, -0.25) is 10.1 Å². The number of carbonyl (C=O) groups is 1. The summed E-state index contributed by atoms with van der Waals surface area (Å²) in [4.78, 5) is 17.3. The lowest BCUT2D eigenvalue weighted by molar-refractivity contribution is -0.112. The molecule has 1 amide bonds. The second-order valence-electron chi connectivity index (χ2n) is 7.61. The highest BCUT2D eigenvalue weighted by atomic mass is 32.1. The number of fused-ring (bicyclic) bond motifs is 2. The minimum Gasteiger partial charge on any atom is -0.486 e. The Morgan fingerprint density at radius 1 is 1.34 bits per heavy atom. The maximum Gasteiger partial charge on any atom is 0.268 e. The SMILES string of the molecule is COCC(C)n1c(C)cc(/C=C(/C#N)C(=O)Nc2nc3cc4c(cc3s2)OCCO4)c1C. The molecule has 166 valence electrons. The van der Waals surface area contributed by atoms with Crippen LogP contribution >= 0.6 is 11.3 Å². The van der Waals surface area contributed by atoms with Gasteiger partial charge in [0.05, 0.1) is 22.9 Å². The van der Waals surface area contributed by atoms with Crippen molar-refractivity contribution in [2.24, 2.45) is 0 Å². The van der Waals surface area contributed by atoms with E-state index in [0.717, 1.165) is 21.7 Å². The summed E-state index contributed by atoms with van der Waals surface area (Å²) in [7, 11) is 1.67. The lowest BCUT2D eigenvalue weighted by Crippen LogP contribution is -2.15. The number of carbonyl (C=O) groups excluding carboxylic acids is 1. The number of nitrogens with zero attached hydrogens (tertiary/aromatic N) is 3. The number of methoxy groups -OCH3 is 1. The summed E-state index contributed by atoms with van der Waals surface area (Å²) < 4.78 is 19.5. The van der Waals surface area contributed by atoms with Crippen molar-refractivity contribution in [2.45, 2.75) is 26.8 Å². The maximum absolute atomic E-state index is 12.8. The first-order valence-electron chi connectivity index (χ1n) is 10.2. The van der Waals surface area contributed by atoms with Gasteiger partial charge < -0.3 is 18.8 Å². The largest absolute Gasteiger partial charge is 0.486 e. The van der Waals surface area contributed by atoms with Crippen molar-refractivity contribution in [1.29, 1.82) is 5.26 Å². The summed E-state index contributed by atoms with van der Waals surface area (Å²) in [6.07, 6.45) is 1.61. The van der Waals surface area contributed by atoms with E-state index in [9.17, 15) is 10.1 Å². The molecule has 4 rings (SSSR count). The second-order valence-corrected chi connectivity index (χ2v) is 8.64. The maximum atomic E-state index is 12.8. The number of hydrogen-bond acceptors (Lipinski definition) is 7. The molecule has 1 aromatic carbocycles. The van der Waals surface area contributed by atoms with Crippen LogP contribution in [-0.4, -0.2) is 42.4 Å². The molecule has 1 atom stereocenters. The molecule has 1 aliphatic heterocycles. The Bertz CT molecular complexity index is 1210. The van der Waals surface area contributed by atoms with Gasteiger partial charge in [-0.25, -0.2) is 4.98 Å². The Labute approximate surface area is 190 Å². The van der Waals surface area contributed by atoms with Crippen LogP contribution in [0.5, 0.6) is 11.5 Å². The Morgan fingerprint density at radius 3 is 2.75 bits per heavy atom. The molecule has 0 saturated heterocycles. The van der Waals surface area contributed by atoms with Crippen molar-refractivity contribution in [3.63, 3.8) is 0 Å². The first kappa shape index (κ1) is 21.9.